The summed E-state index contributed by atoms with van der Waals surface area (Å²) in [6, 6.07) is 4.67. The van der Waals surface area contributed by atoms with Crippen LogP contribution in [0.25, 0.3) is 0 Å². The van der Waals surface area contributed by atoms with Crippen molar-refractivity contribution in [3.8, 4) is 0 Å². The van der Waals surface area contributed by atoms with E-state index in [9.17, 15) is 14.4 Å². The Bertz CT molecular complexity index is 659. The molecular formula is C18H24N2O5. The lowest BCUT2D eigenvalue weighted by molar-refractivity contribution is -0.118. The first-order chi connectivity index (χ1) is 12.0. The molecule has 1 aromatic rings. The highest BCUT2D eigenvalue weighted by Gasteiger charge is 2.22. The Morgan fingerprint density at radius 1 is 1.16 bits per heavy atom. The normalized spacial score (nSPS) is 17.6. The summed E-state index contributed by atoms with van der Waals surface area (Å²) in [5.74, 6) is -1.37. The number of carbonyl (C=O) groups excluding carboxylic acids is 3. The van der Waals surface area contributed by atoms with E-state index in [1.54, 1.807) is 0 Å². The third kappa shape index (κ3) is 4.79. The number of likely N-dealkylation sites (tertiary alicyclic amines) is 1. The predicted molar refractivity (Wildman–Crippen MR) is 92.6 cm³/mol. The molecule has 1 atom stereocenters. The lowest BCUT2D eigenvalue weighted by Gasteiger charge is -2.32. The highest BCUT2D eigenvalue weighted by molar-refractivity contribution is 6.03. The molecule has 2 rings (SSSR count). The monoisotopic (exact) mass is 348 g/mol. The smallest absolute Gasteiger partial charge is 0.339 e. The molecule has 1 unspecified atom stereocenters. The van der Waals surface area contributed by atoms with E-state index in [0.29, 0.717) is 6.04 Å². The molecule has 0 aromatic heterocycles. The average molecular weight is 348 g/mol. The molecule has 7 heteroatoms. The number of anilines is 1. The van der Waals surface area contributed by atoms with E-state index in [0.717, 1.165) is 19.4 Å². The van der Waals surface area contributed by atoms with Crippen molar-refractivity contribution in [2.45, 2.75) is 32.2 Å². The Balaban J connectivity index is 2.18. The molecule has 1 saturated heterocycles. The van der Waals surface area contributed by atoms with Gasteiger partial charge < -0.3 is 14.8 Å². The molecule has 1 aromatic carbocycles. The van der Waals surface area contributed by atoms with Crippen LogP contribution >= 0.6 is 0 Å². The Hall–Kier alpha value is -2.41. The molecule has 1 fully saturated rings. The van der Waals surface area contributed by atoms with E-state index in [4.69, 9.17) is 4.74 Å². The van der Waals surface area contributed by atoms with Crippen LogP contribution in [0.1, 0.15) is 46.9 Å². The van der Waals surface area contributed by atoms with Crippen molar-refractivity contribution in [3.05, 3.63) is 29.3 Å². The van der Waals surface area contributed by atoms with Gasteiger partial charge in [0, 0.05) is 6.04 Å². The first-order valence-corrected chi connectivity index (χ1v) is 8.30. The zero-order chi connectivity index (χ0) is 18.4. The molecule has 7 nitrogen and oxygen atoms in total. The molecule has 1 aliphatic heterocycles. The number of carbonyl (C=O) groups is 3. The second-order valence-electron chi connectivity index (χ2n) is 6.11. The topological polar surface area (TPSA) is 84.9 Å². The lowest BCUT2D eigenvalue weighted by atomic mass is 10.0. The van der Waals surface area contributed by atoms with Crippen molar-refractivity contribution in [2.75, 3.05) is 32.6 Å². The summed E-state index contributed by atoms with van der Waals surface area (Å²) in [6.45, 7) is 3.22. The fourth-order valence-corrected chi connectivity index (χ4v) is 2.95. The van der Waals surface area contributed by atoms with Gasteiger partial charge in [-0.05, 0) is 44.5 Å². The van der Waals surface area contributed by atoms with Crippen LogP contribution in [0.3, 0.4) is 0 Å². The summed E-state index contributed by atoms with van der Waals surface area (Å²) in [4.78, 5) is 38.1. The van der Waals surface area contributed by atoms with Gasteiger partial charge in [-0.25, -0.2) is 9.59 Å². The van der Waals surface area contributed by atoms with Gasteiger partial charge in [-0.3, -0.25) is 9.69 Å². The molecular weight excluding hydrogens is 324 g/mol. The Kier molecular flexibility index (Phi) is 6.52. The van der Waals surface area contributed by atoms with E-state index in [-0.39, 0.29) is 29.3 Å². The van der Waals surface area contributed by atoms with Crippen LogP contribution < -0.4 is 5.32 Å². The second kappa shape index (κ2) is 8.62. The van der Waals surface area contributed by atoms with E-state index >= 15 is 0 Å². The lowest BCUT2D eigenvalue weighted by Crippen LogP contribution is -2.42. The summed E-state index contributed by atoms with van der Waals surface area (Å²) in [5.41, 5.74) is 0.677. The summed E-state index contributed by atoms with van der Waals surface area (Å²) in [5, 5.41) is 2.72. The van der Waals surface area contributed by atoms with Crippen LogP contribution in [-0.4, -0.2) is 56.1 Å². The maximum atomic E-state index is 12.4. The van der Waals surface area contributed by atoms with Crippen molar-refractivity contribution >= 4 is 23.5 Å². The molecule has 1 N–H and O–H groups in total. The van der Waals surface area contributed by atoms with Gasteiger partial charge in [0.1, 0.15) is 0 Å². The quantitative estimate of drug-likeness (QED) is 0.820. The highest BCUT2D eigenvalue weighted by atomic mass is 16.5. The van der Waals surface area contributed by atoms with E-state index in [2.05, 4.69) is 21.9 Å². The molecule has 1 amide bonds. The molecule has 0 radical (unpaired) electrons. The van der Waals surface area contributed by atoms with Crippen molar-refractivity contribution in [1.29, 1.82) is 0 Å². The SMILES string of the molecule is COC(=O)c1ccc(C(=O)OC)c(NC(=O)CN2CCCCC2C)c1. The van der Waals surface area contributed by atoms with Gasteiger partial charge in [0.25, 0.3) is 0 Å². The first kappa shape index (κ1) is 18.9. The zero-order valence-corrected chi connectivity index (χ0v) is 14.8. The number of hydrogen-bond acceptors (Lipinski definition) is 6. The van der Waals surface area contributed by atoms with E-state index in [1.165, 1.54) is 38.8 Å². The number of nitrogens with zero attached hydrogens (tertiary/aromatic N) is 1. The number of piperidine rings is 1. The predicted octanol–water partition coefficient (Wildman–Crippen LogP) is 2.07. The minimum Gasteiger partial charge on any atom is -0.465 e. The number of ether oxygens (including phenoxy) is 2. The Labute approximate surface area is 147 Å². The fraction of sp³-hybridized carbons (Fsp3) is 0.500. The van der Waals surface area contributed by atoms with Gasteiger partial charge in [-0.15, -0.1) is 0 Å². The first-order valence-electron chi connectivity index (χ1n) is 8.30. The largest absolute Gasteiger partial charge is 0.465 e. The number of nitrogens with one attached hydrogen (secondary N) is 1. The minimum absolute atomic E-state index is 0.190. The maximum Gasteiger partial charge on any atom is 0.339 e. The molecule has 136 valence electrons. The highest BCUT2D eigenvalue weighted by Crippen LogP contribution is 2.21. The molecule has 1 aliphatic rings. The van der Waals surface area contributed by atoms with Crippen LogP contribution in [-0.2, 0) is 14.3 Å². The van der Waals surface area contributed by atoms with Crippen LogP contribution in [0, 0.1) is 0 Å². The molecule has 1 heterocycles. The van der Waals surface area contributed by atoms with Crippen molar-refractivity contribution in [3.63, 3.8) is 0 Å². The van der Waals surface area contributed by atoms with Gasteiger partial charge in [-0.2, -0.15) is 0 Å². The Morgan fingerprint density at radius 2 is 1.88 bits per heavy atom. The number of rotatable bonds is 5. The van der Waals surface area contributed by atoms with Gasteiger partial charge >= 0.3 is 11.9 Å². The summed E-state index contributed by atoms with van der Waals surface area (Å²) in [6.07, 6.45) is 3.31. The third-order valence-corrected chi connectivity index (χ3v) is 4.41. The number of esters is 2. The average Bonchev–Trinajstić information content (AvgIpc) is 2.62. The molecule has 0 spiro atoms. The van der Waals surface area contributed by atoms with Crippen LogP contribution in [0.15, 0.2) is 18.2 Å². The number of amides is 1. The molecule has 0 aliphatic carbocycles. The van der Waals surface area contributed by atoms with E-state index < -0.39 is 11.9 Å². The van der Waals surface area contributed by atoms with Crippen molar-refractivity contribution in [1.82, 2.24) is 4.90 Å². The fourth-order valence-electron chi connectivity index (χ4n) is 2.95. The number of hydrogen-bond donors (Lipinski definition) is 1. The minimum atomic E-state index is -0.585. The van der Waals surface area contributed by atoms with Gasteiger partial charge in [0.15, 0.2) is 0 Å². The summed E-state index contributed by atoms with van der Waals surface area (Å²) < 4.78 is 9.42. The summed E-state index contributed by atoms with van der Waals surface area (Å²) in [7, 11) is 2.53. The van der Waals surface area contributed by atoms with Gasteiger partial charge in [0.05, 0.1) is 37.6 Å². The third-order valence-electron chi connectivity index (χ3n) is 4.41. The van der Waals surface area contributed by atoms with Crippen molar-refractivity contribution in [2.24, 2.45) is 0 Å². The van der Waals surface area contributed by atoms with Gasteiger partial charge in [0.2, 0.25) is 5.91 Å². The summed E-state index contributed by atoms with van der Waals surface area (Å²) >= 11 is 0. The maximum absolute atomic E-state index is 12.4. The molecule has 25 heavy (non-hydrogen) atoms. The number of methoxy groups -OCH3 is 2. The van der Waals surface area contributed by atoms with E-state index in [1.807, 2.05) is 0 Å². The van der Waals surface area contributed by atoms with Crippen LogP contribution in [0.2, 0.25) is 0 Å². The standard InChI is InChI=1S/C18H24N2O5/c1-12-6-4-5-9-20(12)11-16(21)19-15-10-13(17(22)24-2)7-8-14(15)18(23)25-3/h7-8,10,12H,4-6,9,11H2,1-3H3,(H,19,21). The molecule has 0 bridgehead atoms. The van der Waals surface area contributed by atoms with Crippen LogP contribution in [0.5, 0.6) is 0 Å². The zero-order valence-electron chi connectivity index (χ0n) is 14.8. The second-order valence-corrected chi connectivity index (χ2v) is 6.11. The van der Waals surface area contributed by atoms with Crippen molar-refractivity contribution < 1.29 is 23.9 Å². The number of benzene rings is 1. The van der Waals surface area contributed by atoms with Gasteiger partial charge in [-0.1, -0.05) is 6.42 Å². The Morgan fingerprint density at radius 3 is 2.52 bits per heavy atom. The van der Waals surface area contributed by atoms with Crippen LogP contribution in [0.4, 0.5) is 5.69 Å². The molecule has 0 saturated carbocycles.